The van der Waals surface area contributed by atoms with E-state index >= 15 is 0 Å². The average molecular weight is 339 g/mol. The molecule has 0 spiro atoms. The Morgan fingerprint density at radius 1 is 1.32 bits per heavy atom. The number of nitrogens with one attached hydrogen (secondary N) is 1. The lowest BCUT2D eigenvalue weighted by Crippen LogP contribution is -2.14. The molecule has 1 heterocycles. The standard InChI is InChI=1S/C15H15ClN2O3S/c1-9-5-4-6-12(22(3,20)21)13(9)15(19)14-11(17-2)7-10(16)8-18-14/h4-8,17H,1-3H3. The van der Waals surface area contributed by atoms with Crippen molar-refractivity contribution in [1.29, 1.82) is 0 Å². The van der Waals surface area contributed by atoms with Crippen molar-refractivity contribution in [1.82, 2.24) is 4.98 Å². The lowest BCUT2D eigenvalue weighted by Gasteiger charge is -2.12. The van der Waals surface area contributed by atoms with Crippen LogP contribution in [0.25, 0.3) is 0 Å². The van der Waals surface area contributed by atoms with Gasteiger partial charge in [-0.2, -0.15) is 0 Å². The summed E-state index contributed by atoms with van der Waals surface area (Å²) < 4.78 is 23.9. The Kier molecular flexibility index (Phi) is 4.53. The molecule has 2 rings (SSSR count). The van der Waals surface area contributed by atoms with Crippen LogP contribution in [-0.2, 0) is 9.84 Å². The van der Waals surface area contributed by atoms with Crippen molar-refractivity contribution < 1.29 is 13.2 Å². The van der Waals surface area contributed by atoms with Crippen LogP contribution in [-0.4, -0.2) is 32.5 Å². The van der Waals surface area contributed by atoms with Crippen LogP contribution in [0.5, 0.6) is 0 Å². The molecule has 0 aliphatic heterocycles. The largest absolute Gasteiger partial charge is 0.386 e. The third-order valence-electron chi connectivity index (χ3n) is 3.20. The maximum absolute atomic E-state index is 12.8. The van der Waals surface area contributed by atoms with Crippen LogP contribution in [0, 0.1) is 6.92 Å². The quantitative estimate of drug-likeness (QED) is 0.867. The van der Waals surface area contributed by atoms with E-state index in [1.54, 1.807) is 32.2 Å². The molecule has 0 saturated heterocycles. The Morgan fingerprint density at radius 3 is 2.59 bits per heavy atom. The lowest BCUT2D eigenvalue weighted by molar-refractivity contribution is 0.103. The van der Waals surface area contributed by atoms with Gasteiger partial charge in [0.25, 0.3) is 0 Å². The summed E-state index contributed by atoms with van der Waals surface area (Å²) in [4.78, 5) is 16.9. The van der Waals surface area contributed by atoms with Crippen molar-refractivity contribution >= 4 is 32.9 Å². The minimum Gasteiger partial charge on any atom is -0.386 e. The normalized spacial score (nSPS) is 11.3. The molecular formula is C15H15ClN2O3S. The molecule has 0 fully saturated rings. The van der Waals surface area contributed by atoms with E-state index in [0.717, 1.165) is 6.26 Å². The number of nitrogens with zero attached hydrogens (tertiary/aromatic N) is 1. The van der Waals surface area contributed by atoms with Gasteiger partial charge in [-0.25, -0.2) is 13.4 Å². The number of sulfone groups is 1. The summed E-state index contributed by atoms with van der Waals surface area (Å²) in [5.41, 5.74) is 1.29. The Morgan fingerprint density at radius 2 is 2.00 bits per heavy atom. The van der Waals surface area contributed by atoms with Crippen LogP contribution < -0.4 is 5.32 Å². The Labute approximate surface area is 134 Å². The summed E-state index contributed by atoms with van der Waals surface area (Å²) in [6.45, 7) is 1.69. The predicted molar refractivity (Wildman–Crippen MR) is 86.5 cm³/mol. The van der Waals surface area contributed by atoms with Crippen molar-refractivity contribution in [2.45, 2.75) is 11.8 Å². The molecule has 0 saturated carbocycles. The van der Waals surface area contributed by atoms with E-state index in [1.807, 2.05) is 0 Å². The SMILES string of the molecule is CNc1cc(Cl)cnc1C(=O)c1c(C)cccc1S(C)(=O)=O. The van der Waals surface area contributed by atoms with Gasteiger partial charge in [-0.15, -0.1) is 0 Å². The molecule has 0 aliphatic carbocycles. The Bertz CT molecular complexity index is 848. The molecule has 2 aromatic rings. The van der Waals surface area contributed by atoms with Crippen molar-refractivity contribution in [3.8, 4) is 0 Å². The number of ketones is 1. The monoisotopic (exact) mass is 338 g/mol. The van der Waals surface area contributed by atoms with Gasteiger partial charge in [0, 0.05) is 25.1 Å². The smallest absolute Gasteiger partial charge is 0.215 e. The van der Waals surface area contributed by atoms with Crippen LogP contribution in [0.15, 0.2) is 35.4 Å². The fraction of sp³-hybridized carbons (Fsp3) is 0.200. The minimum absolute atomic E-state index is 0.00342. The van der Waals surface area contributed by atoms with Gasteiger partial charge in [-0.1, -0.05) is 23.7 Å². The fourth-order valence-corrected chi connectivity index (χ4v) is 3.28. The first-order chi connectivity index (χ1) is 10.3. The maximum Gasteiger partial charge on any atom is 0.215 e. The van der Waals surface area contributed by atoms with Crippen LogP contribution >= 0.6 is 11.6 Å². The number of halogens is 1. The molecule has 0 bridgehead atoms. The summed E-state index contributed by atoms with van der Waals surface area (Å²) in [5.74, 6) is -0.459. The zero-order valence-electron chi connectivity index (χ0n) is 12.3. The van der Waals surface area contributed by atoms with Gasteiger partial charge in [0.2, 0.25) is 5.78 Å². The number of rotatable bonds is 4. The van der Waals surface area contributed by atoms with Gasteiger partial charge in [-0.05, 0) is 24.6 Å². The molecule has 5 nitrogen and oxygen atoms in total. The highest BCUT2D eigenvalue weighted by Crippen LogP contribution is 2.26. The first kappa shape index (κ1) is 16.5. The lowest BCUT2D eigenvalue weighted by atomic mass is 10.0. The number of aromatic nitrogens is 1. The van der Waals surface area contributed by atoms with Gasteiger partial charge < -0.3 is 5.32 Å². The van der Waals surface area contributed by atoms with Crippen LogP contribution in [0.2, 0.25) is 5.02 Å². The summed E-state index contributed by atoms with van der Waals surface area (Å²) in [5, 5.41) is 3.23. The molecule has 116 valence electrons. The van der Waals surface area contributed by atoms with Crippen molar-refractivity contribution in [3.05, 3.63) is 52.3 Å². The zero-order chi connectivity index (χ0) is 16.5. The van der Waals surface area contributed by atoms with Crippen LogP contribution in [0.4, 0.5) is 5.69 Å². The van der Waals surface area contributed by atoms with Gasteiger partial charge >= 0.3 is 0 Å². The van der Waals surface area contributed by atoms with E-state index in [-0.39, 0.29) is 16.2 Å². The molecular weight excluding hydrogens is 324 g/mol. The molecule has 0 radical (unpaired) electrons. The first-order valence-corrected chi connectivity index (χ1v) is 8.70. The van der Waals surface area contributed by atoms with E-state index in [0.29, 0.717) is 16.3 Å². The number of carbonyl (C=O) groups is 1. The van der Waals surface area contributed by atoms with E-state index < -0.39 is 15.6 Å². The number of hydrogen-bond donors (Lipinski definition) is 1. The topological polar surface area (TPSA) is 76.1 Å². The number of aryl methyl sites for hydroxylation is 1. The Balaban J connectivity index is 2.70. The van der Waals surface area contributed by atoms with E-state index in [4.69, 9.17) is 11.6 Å². The van der Waals surface area contributed by atoms with E-state index in [2.05, 4.69) is 10.3 Å². The zero-order valence-corrected chi connectivity index (χ0v) is 13.9. The number of benzene rings is 1. The van der Waals surface area contributed by atoms with E-state index in [9.17, 15) is 13.2 Å². The summed E-state index contributed by atoms with van der Waals surface area (Å²) in [6, 6.07) is 6.29. The maximum atomic E-state index is 12.8. The van der Waals surface area contributed by atoms with Gasteiger partial charge in [0.1, 0.15) is 5.69 Å². The first-order valence-electron chi connectivity index (χ1n) is 6.43. The third kappa shape index (κ3) is 3.13. The minimum atomic E-state index is -3.53. The summed E-state index contributed by atoms with van der Waals surface area (Å²) >= 11 is 5.87. The molecule has 1 N–H and O–H groups in total. The molecule has 0 unspecified atom stereocenters. The highest BCUT2D eigenvalue weighted by atomic mass is 35.5. The van der Waals surface area contributed by atoms with Gasteiger partial charge in [0.05, 0.1) is 15.6 Å². The fourth-order valence-electron chi connectivity index (χ4n) is 2.17. The van der Waals surface area contributed by atoms with Crippen LogP contribution in [0.3, 0.4) is 0 Å². The number of anilines is 1. The van der Waals surface area contributed by atoms with Crippen molar-refractivity contribution in [3.63, 3.8) is 0 Å². The van der Waals surface area contributed by atoms with Gasteiger partial charge in [-0.3, -0.25) is 4.79 Å². The number of pyridine rings is 1. The molecule has 0 aliphatic rings. The van der Waals surface area contributed by atoms with Crippen LogP contribution in [0.1, 0.15) is 21.6 Å². The molecule has 7 heteroatoms. The number of hydrogen-bond acceptors (Lipinski definition) is 5. The summed E-state index contributed by atoms with van der Waals surface area (Å²) in [6.07, 6.45) is 2.43. The summed E-state index contributed by atoms with van der Waals surface area (Å²) in [7, 11) is -1.89. The molecule has 0 atom stereocenters. The molecule has 1 aromatic heterocycles. The second-order valence-electron chi connectivity index (χ2n) is 4.85. The Hall–Kier alpha value is -1.92. The second-order valence-corrected chi connectivity index (χ2v) is 7.27. The molecule has 22 heavy (non-hydrogen) atoms. The second kappa shape index (κ2) is 6.06. The predicted octanol–water partition coefficient (Wildman–Crippen LogP) is 2.72. The highest BCUT2D eigenvalue weighted by Gasteiger charge is 2.24. The molecule has 1 aromatic carbocycles. The molecule has 0 amide bonds. The van der Waals surface area contributed by atoms with Crippen molar-refractivity contribution in [2.24, 2.45) is 0 Å². The average Bonchev–Trinajstić information content (AvgIpc) is 2.45. The van der Waals surface area contributed by atoms with Gasteiger partial charge in [0.15, 0.2) is 9.84 Å². The number of carbonyl (C=O) groups excluding carboxylic acids is 1. The highest BCUT2D eigenvalue weighted by molar-refractivity contribution is 7.90. The van der Waals surface area contributed by atoms with E-state index in [1.165, 1.54) is 12.3 Å². The third-order valence-corrected chi connectivity index (χ3v) is 4.55. The van der Waals surface area contributed by atoms with Crippen molar-refractivity contribution in [2.75, 3.05) is 18.6 Å².